The molecule has 2 heterocycles. The largest absolute Gasteiger partial charge is 0.376 e. The number of hydrogen-bond acceptors (Lipinski definition) is 4. The Morgan fingerprint density at radius 1 is 1.34 bits per heavy atom. The molecule has 1 aromatic heterocycles. The van der Waals surface area contributed by atoms with Crippen molar-refractivity contribution in [2.24, 2.45) is 0 Å². The number of benzene rings is 1. The van der Waals surface area contributed by atoms with Crippen molar-refractivity contribution in [3.63, 3.8) is 0 Å². The van der Waals surface area contributed by atoms with Crippen LogP contribution in [0.4, 0.5) is 0 Å². The van der Waals surface area contributed by atoms with E-state index in [0.717, 1.165) is 67.5 Å². The van der Waals surface area contributed by atoms with Gasteiger partial charge in [-0.25, -0.2) is 0 Å². The molecular weight excluding hydrogens is 384 g/mol. The van der Waals surface area contributed by atoms with E-state index in [1.165, 1.54) is 0 Å². The summed E-state index contributed by atoms with van der Waals surface area (Å²) in [5.74, 6) is 0. The van der Waals surface area contributed by atoms with Crippen LogP contribution in [-0.2, 0) is 11.3 Å². The zero-order chi connectivity index (χ0) is 20.8. The molecule has 3 rings (SSSR count). The Bertz CT molecular complexity index is 890. The van der Waals surface area contributed by atoms with E-state index in [0.29, 0.717) is 11.7 Å². The Hall–Kier alpha value is -1.96. The summed E-state index contributed by atoms with van der Waals surface area (Å²) >= 11 is 5.68. The van der Waals surface area contributed by atoms with Gasteiger partial charge in [0.1, 0.15) is 0 Å². The third kappa shape index (κ3) is 6.01. The molecule has 2 aromatic rings. The van der Waals surface area contributed by atoms with Gasteiger partial charge in [0.2, 0.25) is 0 Å². The Morgan fingerprint density at radius 3 is 2.90 bits per heavy atom. The highest BCUT2D eigenvalue weighted by molar-refractivity contribution is 7.80. The van der Waals surface area contributed by atoms with Gasteiger partial charge in [0.25, 0.3) is 5.56 Å². The molecule has 0 bridgehead atoms. The number of para-hydroxylation sites is 1. The smallest absolute Gasteiger partial charge is 0.253 e. The maximum absolute atomic E-state index is 12.7. The molecule has 0 amide bonds. The maximum atomic E-state index is 12.7. The zero-order valence-corrected chi connectivity index (χ0v) is 18.5. The van der Waals surface area contributed by atoms with E-state index >= 15 is 0 Å². The second-order valence-electron chi connectivity index (χ2n) is 8.06. The summed E-state index contributed by atoms with van der Waals surface area (Å²) in [4.78, 5) is 20.0. The van der Waals surface area contributed by atoms with Crippen LogP contribution in [0, 0.1) is 6.92 Å². The van der Waals surface area contributed by atoms with Gasteiger partial charge < -0.3 is 24.8 Å². The minimum absolute atomic E-state index is 0.0497. The normalized spacial score (nSPS) is 16.5. The molecular formula is C22H32N4O2S. The van der Waals surface area contributed by atoms with E-state index in [1.54, 1.807) is 0 Å². The van der Waals surface area contributed by atoms with Crippen molar-refractivity contribution in [1.29, 1.82) is 0 Å². The highest BCUT2D eigenvalue weighted by atomic mass is 32.1. The first-order chi connectivity index (χ1) is 13.9. The van der Waals surface area contributed by atoms with Gasteiger partial charge in [-0.15, -0.1) is 0 Å². The third-order valence-electron chi connectivity index (χ3n) is 5.35. The van der Waals surface area contributed by atoms with Gasteiger partial charge >= 0.3 is 0 Å². The number of hydrogen-bond donors (Lipinski definition) is 2. The number of pyridine rings is 1. The van der Waals surface area contributed by atoms with Crippen LogP contribution in [0.2, 0.25) is 0 Å². The number of nitrogens with zero attached hydrogens (tertiary/aromatic N) is 2. The molecule has 0 aliphatic carbocycles. The van der Waals surface area contributed by atoms with Gasteiger partial charge in [-0.05, 0) is 76.1 Å². The van der Waals surface area contributed by atoms with Crippen LogP contribution in [0.1, 0.15) is 30.4 Å². The van der Waals surface area contributed by atoms with E-state index in [1.807, 2.05) is 31.2 Å². The van der Waals surface area contributed by atoms with E-state index in [2.05, 4.69) is 34.2 Å². The van der Waals surface area contributed by atoms with Gasteiger partial charge in [0, 0.05) is 25.3 Å². The first kappa shape index (κ1) is 21.7. The first-order valence-corrected chi connectivity index (χ1v) is 10.8. The molecule has 0 radical (unpaired) electrons. The summed E-state index contributed by atoms with van der Waals surface area (Å²) in [6.45, 7) is 5.81. The molecule has 158 valence electrons. The third-order valence-corrected chi connectivity index (χ3v) is 5.75. The van der Waals surface area contributed by atoms with Gasteiger partial charge in [-0.2, -0.15) is 0 Å². The number of aromatic nitrogens is 1. The minimum Gasteiger partial charge on any atom is -0.376 e. The Morgan fingerprint density at radius 2 is 2.17 bits per heavy atom. The molecule has 2 N–H and O–H groups in total. The van der Waals surface area contributed by atoms with Crippen molar-refractivity contribution in [3.8, 4) is 0 Å². The molecule has 1 aliphatic heterocycles. The van der Waals surface area contributed by atoms with E-state index < -0.39 is 0 Å². The summed E-state index contributed by atoms with van der Waals surface area (Å²) < 4.78 is 5.69. The molecule has 29 heavy (non-hydrogen) atoms. The number of H-pyrrole nitrogens is 1. The number of nitrogens with one attached hydrogen (secondary N) is 2. The Kier molecular flexibility index (Phi) is 7.64. The predicted octanol–water partition coefficient (Wildman–Crippen LogP) is 2.64. The van der Waals surface area contributed by atoms with Crippen molar-refractivity contribution < 1.29 is 4.74 Å². The van der Waals surface area contributed by atoms with Crippen molar-refractivity contribution in [2.75, 3.05) is 40.3 Å². The summed E-state index contributed by atoms with van der Waals surface area (Å²) in [5.41, 5.74) is 2.66. The second-order valence-corrected chi connectivity index (χ2v) is 8.45. The number of fused-ring (bicyclic) bond motifs is 1. The Balaban J connectivity index is 1.74. The van der Waals surface area contributed by atoms with Gasteiger partial charge in [0.05, 0.1) is 18.2 Å². The lowest BCUT2D eigenvalue weighted by Gasteiger charge is -2.27. The summed E-state index contributed by atoms with van der Waals surface area (Å²) in [5, 5.41) is 5.09. The van der Waals surface area contributed by atoms with Crippen LogP contribution in [0.25, 0.3) is 10.9 Å². The van der Waals surface area contributed by atoms with E-state index in [9.17, 15) is 4.79 Å². The standard InChI is InChI=1S/C22H32N4O2S/c1-16-7-4-8-17-13-18(21(27)24-20(16)17)15-26(11-6-10-25(2)3)22(29)23-14-19-9-5-12-28-19/h4,7-8,13,19H,5-6,9-12,14-15H2,1-3H3,(H,23,29)(H,24,27)/t19-/m1/s1. The van der Waals surface area contributed by atoms with Crippen molar-refractivity contribution in [2.45, 2.75) is 38.8 Å². The Labute approximate surface area is 178 Å². The molecule has 1 fully saturated rings. The van der Waals surface area contributed by atoms with Gasteiger partial charge in [0.15, 0.2) is 5.11 Å². The fourth-order valence-corrected chi connectivity index (χ4v) is 3.94. The van der Waals surface area contributed by atoms with Crippen molar-refractivity contribution in [3.05, 3.63) is 45.7 Å². The van der Waals surface area contributed by atoms with Crippen LogP contribution in [0.5, 0.6) is 0 Å². The summed E-state index contributed by atoms with van der Waals surface area (Å²) in [6.07, 6.45) is 3.38. The highest BCUT2D eigenvalue weighted by Crippen LogP contribution is 2.16. The number of aromatic amines is 1. The van der Waals surface area contributed by atoms with Gasteiger partial charge in [-0.3, -0.25) is 4.79 Å². The minimum atomic E-state index is -0.0497. The molecule has 1 aliphatic rings. The van der Waals surface area contributed by atoms with Crippen LogP contribution in [-0.4, -0.2) is 66.3 Å². The van der Waals surface area contributed by atoms with Crippen LogP contribution in [0.3, 0.4) is 0 Å². The average Bonchev–Trinajstić information content (AvgIpc) is 3.20. The molecule has 0 saturated carbocycles. The van der Waals surface area contributed by atoms with Crippen LogP contribution in [0.15, 0.2) is 29.1 Å². The quantitative estimate of drug-likeness (QED) is 0.645. The fraction of sp³-hybridized carbons (Fsp3) is 0.545. The molecule has 7 heteroatoms. The monoisotopic (exact) mass is 416 g/mol. The van der Waals surface area contributed by atoms with Crippen molar-refractivity contribution >= 4 is 28.2 Å². The van der Waals surface area contributed by atoms with Crippen LogP contribution >= 0.6 is 12.2 Å². The van der Waals surface area contributed by atoms with E-state index in [-0.39, 0.29) is 11.7 Å². The van der Waals surface area contributed by atoms with E-state index in [4.69, 9.17) is 17.0 Å². The molecule has 0 spiro atoms. The highest BCUT2D eigenvalue weighted by Gasteiger charge is 2.18. The lowest BCUT2D eigenvalue weighted by atomic mass is 10.1. The summed E-state index contributed by atoms with van der Waals surface area (Å²) in [6, 6.07) is 8.05. The molecule has 1 aromatic carbocycles. The topological polar surface area (TPSA) is 60.6 Å². The molecule has 6 nitrogen and oxygen atoms in total. The lowest BCUT2D eigenvalue weighted by Crippen LogP contribution is -2.43. The number of aryl methyl sites for hydroxylation is 1. The second kappa shape index (κ2) is 10.2. The van der Waals surface area contributed by atoms with Crippen LogP contribution < -0.4 is 10.9 Å². The molecule has 1 saturated heterocycles. The lowest BCUT2D eigenvalue weighted by molar-refractivity contribution is 0.113. The maximum Gasteiger partial charge on any atom is 0.253 e. The fourth-order valence-electron chi connectivity index (χ4n) is 3.70. The van der Waals surface area contributed by atoms with Gasteiger partial charge in [-0.1, -0.05) is 18.2 Å². The first-order valence-electron chi connectivity index (χ1n) is 10.3. The molecule has 0 unspecified atom stereocenters. The predicted molar refractivity (Wildman–Crippen MR) is 122 cm³/mol. The number of ether oxygens (including phenoxy) is 1. The number of thiocarbonyl (C=S) groups is 1. The zero-order valence-electron chi connectivity index (χ0n) is 17.7. The average molecular weight is 417 g/mol. The van der Waals surface area contributed by atoms with Crippen molar-refractivity contribution in [1.82, 2.24) is 20.1 Å². The summed E-state index contributed by atoms with van der Waals surface area (Å²) in [7, 11) is 4.13. The SMILES string of the molecule is Cc1cccc2cc(CN(CCCN(C)C)C(=S)NC[C@H]3CCCO3)c(=O)[nH]c12. The molecule has 1 atom stereocenters. The number of rotatable bonds is 8.